The van der Waals surface area contributed by atoms with Crippen molar-refractivity contribution in [1.82, 2.24) is 19.9 Å². The molecule has 2 heterocycles. The maximum atomic E-state index is 4.61. The summed E-state index contributed by atoms with van der Waals surface area (Å²) in [4.78, 5) is 16.4. The molecule has 3 unspecified atom stereocenters. The summed E-state index contributed by atoms with van der Waals surface area (Å²) in [6.45, 7) is 7.51. The molecule has 6 nitrogen and oxygen atoms in total. The number of fused-ring (bicyclic) bond motifs is 1. The third-order valence-corrected chi connectivity index (χ3v) is 4.65. The molecule has 0 aliphatic heterocycles. The van der Waals surface area contributed by atoms with Crippen LogP contribution in [0.2, 0.25) is 0 Å². The molecule has 1 fully saturated rings. The van der Waals surface area contributed by atoms with Crippen LogP contribution in [0.4, 0.5) is 11.8 Å². The van der Waals surface area contributed by atoms with Crippen molar-refractivity contribution in [2.24, 2.45) is 11.8 Å². The normalized spacial score (nSPS) is 26.0. The van der Waals surface area contributed by atoms with E-state index in [0.717, 1.165) is 23.8 Å². The van der Waals surface area contributed by atoms with Gasteiger partial charge in [0.15, 0.2) is 11.5 Å². The number of anilines is 2. The van der Waals surface area contributed by atoms with E-state index in [1.807, 2.05) is 6.92 Å². The van der Waals surface area contributed by atoms with Crippen molar-refractivity contribution in [1.29, 1.82) is 0 Å². The Morgan fingerprint density at radius 3 is 2.95 bits per heavy atom. The third-order valence-electron chi connectivity index (χ3n) is 4.65. The second-order valence-electron chi connectivity index (χ2n) is 6.05. The predicted octanol–water partition coefficient (Wildman–Crippen LogP) is 3.02. The van der Waals surface area contributed by atoms with Crippen molar-refractivity contribution in [2.75, 3.05) is 17.2 Å². The Hall–Kier alpha value is -1.85. The molecule has 6 heteroatoms. The molecule has 0 radical (unpaired) electrons. The van der Waals surface area contributed by atoms with Gasteiger partial charge in [0.05, 0.1) is 6.33 Å². The van der Waals surface area contributed by atoms with Crippen molar-refractivity contribution in [3.05, 3.63) is 6.33 Å². The number of nitrogens with one attached hydrogen (secondary N) is 3. The van der Waals surface area contributed by atoms with Gasteiger partial charge in [0.2, 0.25) is 5.95 Å². The summed E-state index contributed by atoms with van der Waals surface area (Å²) >= 11 is 0. The van der Waals surface area contributed by atoms with E-state index in [1.165, 1.54) is 19.3 Å². The lowest BCUT2D eigenvalue weighted by molar-refractivity contribution is 0.253. The number of H-pyrrole nitrogens is 1. The Balaban J connectivity index is 1.89. The van der Waals surface area contributed by atoms with Gasteiger partial charge in [0.1, 0.15) is 5.52 Å². The van der Waals surface area contributed by atoms with E-state index in [2.05, 4.69) is 44.4 Å². The maximum Gasteiger partial charge on any atom is 0.226 e. The zero-order chi connectivity index (χ0) is 14.8. The molecule has 1 aliphatic carbocycles. The van der Waals surface area contributed by atoms with Crippen LogP contribution in [0, 0.1) is 11.8 Å². The molecule has 1 saturated carbocycles. The first-order valence-electron chi connectivity index (χ1n) is 7.90. The van der Waals surface area contributed by atoms with Crippen molar-refractivity contribution in [2.45, 2.75) is 46.1 Å². The van der Waals surface area contributed by atoms with Gasteiger partial charge in [-0.25, -0.2) is 4.98 Å². The molecule has 0 aromatic carbocycles. The lowest BCUT2D eigenvalue weighted by Gasteiger charge is -2.35. The monoisotopic (exact) mass is 288 g/mol. The lowest BCUT2D eigenvalue weighted by Crippen LogP contribution is -2.35. The SMILES string of the molecule is CCNc1nc(NC2CCCC(C)C2C)c2[nH]cnc2n1. The number of hydrogen-bond acceptors (Lipinski definition) is 5. The molecule has 0 spiro atoms. The Morgan fingerprint density at radius 1 is 1.29 bits per heavy atom. The van der Waals surface area contributed by atoms with Crippen molar-refractivity contribution in [3.8, 4) is 0 Å². The maximum absolute atomic E-state index is 4.61. The molecule has 2 aromatic heterocycles. The van der Waals surface area contributed by atoms with Gasteiger partial charge in [-0.1, -0.05) is 26.7 Å². The minimum Gasteiger partial charge on any atom is -0.365 e. The van der Waals surface area contributed by atoms with Gasteiger partial charge in [-0.3, -0.25) is 0 Å². The van der Waals surface area contributed by atoms with Gasteiger partial charge in [0, 0.05) is 12.6 Å². The van der Waals surface area contributed by atoms with E-state index in [-0.39, 0.29) is 0 Å². The van der Waals surface area contributed by atoms with Crippen LogP contribution < -0.4 is 10.6 Å². The fourth-order valence-electron chi connectivity index (χ4n) is 3.14. The fourth-order valence-corrected chi connectivity index (χ4v) is 3.14. The lowest BCUT2D eigenvalue weighted by atomic mass is 9.78. The smallest absolute Gasteiger partial charge is 0.226 e. The summed E-state index contributed by atoms with van der Waals surface area (Å²) in [5.41, 5.74) is 1.60. The van der Waals surface area contributed by atoms with Crippen molar-refractivity contribution in [3.63, 3.8) is 0 Å². The molecular weight excluding hydrogens is 264 g/mol. The number of hydrogen-bond donors (Lipinski definition) is 3. The highest BCUT2D eigenvalue weighted by Gasteiger charge is 2.28. The Labute approximate surface area is 125 Å². The molecule has 0 saturated heterocycles. The van der Waals surface area contributed by atoms with E-state index in [9.17, 15) is 0 Å². The minimum atomic E-state index is 0.463. The first kappa shape index (κ1) is 14.1. The van der Waals surface area contributed by atoms with Crippen LogP contribution in [-0.2, 0) is 0 Å². The number of aromatic nitrogens is 4. The molecule has 2 aromatic rings. The molecule has 3 atom stereocenters. The first-order valence-corrected chi connectivity index (χ1v) is 7.90. The summed E-state index contributed by atoms with van der Waals surface area (Å²) < 4.78 is 0. The molecule has 3 rings (SSSR count). The highest BCUT2D eigenvalue weighted by Crippen LogP contribution is 2.32. The van der Waals surface area contributed by atoms with E-state index in [0.29, 0.717) is 23.6 Å². The van der Waals surface area contributed by atoms with E-state index < -0.39 is 0 Å². The number of rotatable bonds is 4. The Kier molecular flexibility index (Phi) is 3.94. The topological polar surface area (TPSA) is 78.5 Å². The molecule has 0 bridgehead atoms. The quantitative estimate of drug-likeness (QED) is 0.806. The Bertz CT molecular complexity index is 607. The van der Waals surface area contributed by atoms with Crippen molar-refractivity contribution >= 4 is 22.9 Å². The second-order valence-corrected chi connectivity index (χ2v) is 6.05. The van der Waals surface area contributed by atoms with E-state index in [1.54, 1.807) is 6.33 Å². The molecular formula is C15H24N6. The fraction of sp³-hybridized carbons (Fsp3) is 0.667. The standard InChI is InChI=1S/C15H24N6/c1-4-16-15-20-13-12(17-8-18-13)14(21-15)19-11-7-5-6-9(2)10(11)3/h8-11H,4-7H2,1-3H3,(H3,16,17,18,19,20,21). The van der Waals surface area contributed by atoms with Crippen LogP contribution in [0.5, 0.6) is 0 Å². The van der Waals surface area contributed by atoms with Gasteiger partial charge >= 0.3 is 0 Å². The average molecular weight is 288 g/mol. The molecule has 0 amide bonds. The van der Waals surface area contributed by atoms with Gasteiger partial charge in [-0.15, -0.1) is 0 Å². The highest BCUT2D eigenvalue weighted by molar-refractivity contribution is 5.83. The zero-order valence-electron chi connectivity index (χ0n) is 13.0. The van der Waals surface area contributed by atoms with E-state index in [4.69, 9.17) is 0 Å². The third kappa shape index (κ3) is 2.80. The summed E-state index contributed by atoms with van der Waals surface area (Å²) in [6, 6.07) is 0.463. The van der Waals surface area contributed by atoms with Gasteiger partial charge in [-0.05, 0) is 25.2 Å². The summed E-state index contributed by atoms with van der Waals surface area (Å²) in [7, 11) is 0. The van der Waals surface area contributed by atoms with E-state index >= 15 is 0 Å². The van der Waals surface area contributed by atoms with Crippen LogP contribution in [0.25, 0.3) is 11.2 Å². The largest absolute Gasteiger partial charge is 0.365 e. The van der Waals surface area contributed by atoms with Crippen LogP contribution in [-0.4, -0.2) is 32.5 Å². The summed E-state index contributed by atoms with van der Waals surface area (Å²) in [5.74, 6) is 2.90. The van der Waals surface area contributed by atoms with Crippen LogP contribution in [0.15, 0.2) is 6.33 Å². The number of nitrogens with zero attached hydrogens (tertiary/aromatic N) is 3. The molecule has 3 N–H and O–H groups in total. The predicted molar refractivity (Wildman–Crippen MR) is 85.4 cm³/mol. The number of aromatic amines is 1. The summed E-state index contributed by atoms with van der Waals surface area (Å²) in [6.07, 6.45) is 5.47. The Morgan fingerprint density at radius 2 is 2.14 bits per heavy atom. The van der Waals surface area contributed by atoms with Crippen LogP contribution >= 0.6 is 0 Å². The van der Waals surface area contributed by atoms with Crippen molar-refractivity contribution < 1.29 is 0 Å². The van der Waals surface area contributed by atoms with Gasteiger partial charge < -0.3 is 15.6 Å². The minimum absolute atomic E-state index is 0.463. The van der Waals surface area contributed by atoms with Crippen LogP contribution in [0.1, 0.15) is 40.0 Å². The second kappa shape index (κ2) is 5.87. The highest BCUT2D eigenvalue weighted by atomic mass is 15.2. The molecule has 21 heavy (non-hydrogen) atoms. The van der Waals surface area contributed by atoms with Gasteiger partial charge in [-0.2, -0.15) is 9.97 Å². The first-order chi connectivity index (χ1) is 10.2. The molecule has 1 aliphatic rings. The summed E-state index contributed by atoms with van der Waals surface area (Å²) in [5, 5.41) is 6.80. The van der Waals surface area contributed by atoms with Gasteiger partial charge in [0.25, 0.3) is 0 Å². The average Bonchev–Trinajstić information content (AvgIpc) is 2.93. The van der Waals surface area contributed by atoms with Crippen LogP contribution in [0.3, 0.4) is 0 Å². The number of imidazole rings is 1. The molecule has 114 valence electrons. The zero-order valence-corrected chi connectivity index (χ0v) is 13.0.